The molecule has 3 nitrogen and oxygen atoms in total. The number of hydrogen-bond acceptors (Lipinski definition) is 2. The number of carbonyl (C=O) groups excluding carboxylic acids is 1. The van der Waals surface area contributed by atoms with Crippen molar-refractivity contribution in [3.05, 3.63) is 0 Å². The van der Waals surface area contributed by atoms with E-state index in [-0.39, 0.29) is 24.7 Å². The van der Waals surface area contributed by atoms with E-state index in [1.807, 2.05) is 13.8 Å². The van der Waals surface area contributed by atoms with Crippen molar-refractivity contribution in [1.82, 2.24) is 10.6 Å². The van der Waals surface area contributed by atoms with Gasteiger partial charge in [0.2, 0.25) is 5.91 Å². The van der Waals surface area contributed by atoms with Crippen LogP contribution in [0.5, 0.6) is 0 Å². The fourth-order valence-corrected chi connectivity index (χ4v) is 2.24. The zero-order valence-corrected chi connectivity index (χ0v) is 10.8. The van der Waals surface area contributed by atoms with Crippen molar-refractivity contribution in [2.75, 3.05) is 13.1 Å². The quantitative estimate of drug-likeness (QED) is 0.821. The molecule has 0 aromatic rings. The van der Waals surface area contributed by atoms with E-state index >= 15 is 0 Å². The number of amides is 1. The first-order valence-electron chi connectivity index (χ1n) is 6.37. The zero-order chi connectivity index (χ0) is 13.8. The number of nitrogens with one attached hydrogen (secondary N) is 2. The van der Waals surface area contributed by atoms with Crippen molar-refractivity contribution < 1.29 is 18.0 Å². The SMILES string of the molecule is CC(C)CC(=O)NC1CCNCCC1C(F)(F)F. The van der Waals surface area contributed by atoms with Crippen molar-refractivity contribution in [2.45, 2.75) is 45.3 Å². The van der Waals surface area contributed by atoms with E-state index in [1.165, 1.54) is 0 Å². The first kappa shape index (κ1) is 15.3. The lowest BCUT2D eigenvalue weighted by Crippen LogP contribution is -2.46. The van der Waals surface area contributed by atoms with Crippen molar-refractivity contribution in [2.24, 2.45) is 11.8 Å². The van der Waals surface area contributed by atoms with E-state index in [9.17, 15) is 18.0 Å². The Labute approximate surface area is 106 Å². The van der Waals surface area contributed by atoms with Crippen LogP contribution in [0.4, 0.5) is 13.2 Å². The van der Waals surface area contributed by atoms with Gasteiger partial charge < -0.3 is 10.6 Å². The van der Waals surface area contributed by atoms with Crippen LogP contribution in [-0.4, -0.2) is 31.2 Å². The lowest BCUT2D eigenvalue weighted by Gasteiger charge is -2.28. The summed E-state index contributed by atoms with van der Waals surface area (Å²) in [5.74, 6) is -1.58. The molecule has 0 bridgehead atoms. The van der Waals surface area contributed by atoms with Gasteiger partial charge >= 0.3 is 6.18 Å². The average Bonchev–Trinajstić information content (AvgIpc) is 2.40. The molecule has 18 heavy (non-hydrogen) atoms. The number of hydrogen-bond donors (Lipinski definition) is 2. The van der Waals surface area contributed by atoms with Crippen LogP contribution in [0.25, 0.3) is 0 Å². The summed E-state index contributed by atoms with van der Waals surface area (Å²) < 4.78 is 38.7. The second kappa shape index (κ2) is 6.41. The summed E-state index contributed by atoms with van der Waals surface area (Å²) in [4.78, 5) is 11.6. The zero-order valence-electron chi connectivity index (χ0n) is 10.8. The van der Waals surface area contributed by atoms with Crippen molar-refractivity contribution in [3.8, 4) is 0 Å². The van der Waals surface area contributed by atoms with Crippen LogP contribution in [0.15, 0.2) is 0 Å². The molecule has 1 aliphatic rings. The molecule has 1 heterocycles. The van der Waals surface area contributed by atoms with Gasteiger partial charge in [0, 0.05) is 12.5 Å². The molecule has 2 unspecified atom stereocenters. The maximum absolute atomic E-state index is 12.9. The number of alkyl halides is 3. The Hall–Kier alpha value is -0.780. The van der Waals surface area contributed by atoms with E-state index in [0.29, 0.717) is 19.5 Å². The molecule has 6 heteroatoms. The third-order valence-corrected chi connectivity index (χ3v) is 3.11. The highest BCUT2D eigenvalue weighted by atomic mass is 19.4. The smallest absolute Gasteiger partial charge is 0.353 e. The van der Waals surface area contributed by atoms with Crippen molar-refractivity contribution in [3.63, 3.8) is 0 Å². The molecule has 1 aliphatic heterocycles. The van der Waals surface area contributed by atoms with Crippen LogP contribution < -0.4 is 10.6 Å². The fraction of sp³-hybridized carbons (Fsp3) is 0.917. The molecule has 0 saturated carbocycles. The van der Waals surface area contributed by atoms with Gasteiger partial charge in [-0.05, 0) is 31.8 Å². The highest BCUT2D eigenvalue weighted by Crippen LogP contribution is 2.33. The van der Waals surface area contributed by atoms with Crippen LogP contribution >= 0.6 is 0 Å². The number of halogens is 3. The van der Waals surface area contributed by atoms with Gasteiger partial charge in [-0.15, -0.1) is 0 Å². The molecule has 0 aliphatic carbocycles. The van der Waals surface area contributed by atoms with Crippen LogP contribution in [-0.2, 0) is 4.79 Å². The van der Waals surface area contributed by atoms with Gasteiger partial charge in [-0.3, -0.25) is 4.79 Å². The Morgan fingerprint density at radius 3 is 2.50 bits per heavy atom. The lowest BCUT2D eigenvalue weighted by atomic mass is 9.93. The summed E-state index contributed by atoms with van der Waals surface area (Å²) in [7, 11) is 0. The van der Waals surface area contributed by atoms with Crippen LogP contribution in [0, 0.1) is 11.8 Å². The Balaban J connectivity index is 2.65. The molecule has 1 rings (SSSR count). The minimum Gasteiger partial charge on any atom is -0.353 e. The van der Waals surface area contributed by atoms with Crippen LogP contribution in [0.2, 0.25) is 0 Å². The van der Waals surface area contributed by atoms with Crippen LogP contribution in [0.1, 0.15) is 33.1 Å². The first-order valence-corrected chi connectivity index (χ1v) is 6.37. The molecule has 0 radical (unpaired) electrons. The average molecular weight is 266 g/mol. The van der Waals surface area contributed by atoms with Crippen molar-refractivity contribution in [1.29, 1.82) is 0 Å². The topological polar surface area (TPSA) is 41.1 Å². The van der Waals surface area contributed by atoms with E-state index < -0.39 is 18.1 Å². The molecular formula is C12H21F3N2O. The van der Waals surface area contributed by atoms with Gasteiger partial charge in [0.1, 0.15) is 0 Å². The summed E-state index contributed by atoms with van der Waals surface area (Å²) in [5, 5.41) is 5.49. The van der Waals surface area contributed by atoms with E-state index in [4.69, 9.17) is 0 Å². The molecule has 1 amide bonds. The number of rotatable bonds is 3. The van der Waals surface area contributed by atoms with Gasteiger partial charge in [-0.2, -0.15) is 13.2 Å². The highest BCUT2D eigenvalue weighted by molar-refractivity contribution is 5.76. The van der Waals surface area contributed by atoms with Crippen LogP contribution in [0.3, 0.4) is 0 Å². The summed E-state index contributed by atoms with van der Waals surface area (Å²) in [6.45, 7) is 4.60. The van der Waals surface area contributed by atoms with Gasteiger partial charge in [0.25, 0.3) is 0 Å². The summed E-state index contributed by atoms with van der Waals surface area (Å²) >= 11 is 0. The van der Waals surface area contributed by atoms with E-state index in [0.717, 1.165) is 0 Å². The fourth-order valence-electron chi connectivity index (χ4n) is 2.24. The molecular weight excluding hydrogens is 245 g/mol. The number of carbonyl (C=O) groups is 1. The molecule has 2 atom stereocenters. The molecule has 0 spiro atoms. The van der Waals surface area contributed by atoms with E-state index in [2.05, 4.69) is 10.6 Å². The maximum Gasteiger partial charge on any atom is 0.393 e. The minimum atomic E-state index is -4.25. The summed E-state index contributed by atoms with van der Waals surface area (Å²) in [6.07, 6.45) is -3.62. The van der Waals surface area contributed by atoms with Crippen molar-refractivity contribution >= 4 is 5.91 Å². The predicted molar refractivity (Wildman–Crippen MR) is 63.0 cm³/mol. The summed E-state index contributed by atoms with van der Waals surface area (Å²) in [5.41, 5.74) is 0. The Morgan fingerprint density at radius 1 is 1.33 bits per heavy atom. The maximum atomic E-state index is 12.9. The third-order valence-electron chi connectivity index (χ3n) is 3.11. The minimum absolute atomic E-state index is 0.0239. The van der Waals surface area contributed by atoms with Gasteiger partial charge in [-0.25, -0.2) is 0 Å². The van der Waals surface area contributed by atoms with Gasteiger partial charge in [-0.1, -0.05) is 13.8 Å². The molecule has 0 aromatic heterocycles. The standard InChI is InChI=1S/C12H21F3N2O/c1-8(2)7-11(18)17-10-4-6-16-5-3-9(10)12(13,14)15/h8-10,16H,3-7H2,1-2H3,(H,17,18). The Bertz CT molecular complexity index is 279. The monoisotopic (exact) mass is 266 g/mol. The van der Waals surface area contributed by atoms with E-state index in [1.54, 1.807) is 0 Å². The third kappa shape index (κ3) is 4.84. The second-order valence-corrected chi connectivity index (χ2v) is 5.25. The molecule has 2 N–H and O–H groups in total. The second-order valence-electron chi connectivity index (χ2n) is 5.25. The summed E-state index contributed by atoms with van der Waals surface area (Å²) in [6, 6.07) is -0.800. The van der Waals surface area contributed by atoms with Gasteiger partial charge in [0.05, 0.1) is 5.92 Å². The van der Waals surface area contributed by atoms with Gasteiger partial charge in [0.15, 0.2) is 0 Å². The molecule has 106 valence electrons. The Kier molecular flexibility index (Phi) is 5.44. The molecule has 1 saturated heterocycles. The molecule has 1 fully saturated rings. The highest BCUT2D eigenvalue weighted by Gasteiger charge is 2.45. The largest absolute Gasteiger partial charge is 0.393 e. The molecule has 0 aromatic carbocycles. The first-order chi connectivity index (χ1) is 8.30. The lowest BCUT2D eigenvalue weighted by molar-refractivity contribution is -0.183. The predicted octanol–water partition coefficient (Wildman–Crippen LogP) is 2.08. The normalized spacial score (nSPS) is 25.9. The Morgan fingerprint density at radius 2 is 1.94 bits per heavy atom.